The minimum Gasteiger partial charge on any atom is -0.392 e. The van der Waals surface area contributed by atoms with Crippen molar-refractivity contribution in [3.63, 3.8) is 0 Å². The zero-order valence-electron chi connectivity index (χ0n) is 10.4. The Hall–Kier alpha value is -0.160. The van der Waals surface area contributed by atoms with Crippen LogP contribution >= 0.6 is 0 Å². The van der Waals surface area contributed by atoms with Gasteiger partial charge in [-0.2, -0.15) is 0 Å². The molecule has 16 heavy (non-hydrogen) atoms. The SMILES string of the molecule is CC1(C)CC(O)C(C[NH+]2CCOCC2)CO1. The normalized spacial score (nSPS) is 36.2. The van der Waals surface area contributed by atoms with Crippen molar-refractivity contribution in [3.8, 4) is 0 Å². The molecule has 0 spiro atoms. The lowest BCUT2D eigenvalue weighted by atomic mass is 9.88. The molecule has 2 unspecified atom stereocenters. The van der Waals surface area contributed by atoms with E-state index in [4.69, 9.17) is 9.47 Å². The van der Waals surface area contributed by atoms with Crippen molar-refractivity contribution in [1.29, 1.82) is 0 Å². The van der Waals surface area contributed by atoms with Crippen LogP contribution in [-0.4, -0.2) is 56.3 Å². The molecule has 2 saturated heterocycles. The van der Waals surface area contributed by atoms with Crippen LogP contribution in [0.15, 0.2) is 0 Å². The second-order valence-electron chi connectivity index (χ2n) is 5.67. The Bertz CT molecular complexity index is 226. The highest BCUT2D eigenvalue weighted by atomic mass is 16.5. The van der Waals surface area contributed by atoms with Gasteiger partial charge in [0.2, 0.25) is 0 Å². The zero-order valence-corrected chi connectivity index (χ0v) is 10.4. The van der Waals surface area contributed by atoms with E-state index in [2.05, 4.69) is 0 Å². The Labute approximate surface area is 97.5 Å². The highest BCUT2D eigenvalue weighted by Crippen LogP contribution is 2.26. The molecule has 2 aliphatic heterocycles. The molecule has 0 aliphatic carbocycles. The number of aliphatic hydroxyl groups is 1. The predicted molar refractivity (Wildman–Crippen MR) is 60.5 cm³/mol. The molecule has 0 bridgehead atoms. The van der Waals surface area contributed by atoms with E-state index in [0.717, 1.165) is 39.3 Å². The minimum atomic E-state index is -0.209. The third kappa shape index (κ3) is 3.17. The quantitative estimate of drug-likeness (QED) is 0.645. The van der Waals surface area contributed by atoms with Crippen LogP contribution in [0.3, 0.4) is 0 Å². The Morgan fingerprint density at radius 3 is 2.62 bits per heavy atom. The van der Waals surface area contributed by atoms with E-state index in [1.165, 1.54) is 0 Å². The Kier molecular flexibility index (Phi) is 3.85. The molecular formula is C12H24NO3+. The van der Waals surface area contributed by atoms with E-state index in [1.54, 1.807) is 4.90 Å². The van der Waals surface area contributed by atoms with Crippen LogP contribution in [0.5, 0.6) is 0 Å². The summed E-state index contributed by atoms with van der Waals surface area (Å²) in [6.07, 6.45) is 0.542. The molecule has 2 aliphatic rings. The number of hydrogen-bond donors (Lipinski definition) is 2. The number of hydrogen-bond acceptors (Lipinski definition) is 3. The number of morpholine rings is 1. The van der Waals surface area contributed by atoms with Crippen molar-refractivity contribution in [2.45, 2.75) is 32.0 Å². The van der Waals surface area contributed by atoms with Gasteiger partial charge in [0.1, 0.15) is 13.1 Å². The first-order valence-electron chi connectivity index (χ1n) is 6.30. The van der Waals surface area contributed by atoms with Crippen molar-refractivity contribution in [2.24, 2.45) is 5.92 Å². The number of nitrogens with one attached hydrogen (secondary N) is 1. The second-order valence-corrected chi connectivity index (χ2v) is 5.67. The third-order valence-electron chi connectivity index (χ3n) is 3.68. The molecule has 2 fully saturated rings. The fourth-order valence-corrected chi connectivity index (χ4v) is 2.60. The summed E-state index contributed by atoms with van der Waals surface area (Å²) in [5, 5.41) is 10.1. The van der Waals surface area contributed by atoms with Crippen molar-refractivity contribution < 1.29 is 19.5 Å². The van der Waals surface area contributed by atoms with Gasteiger partial charge in [-0.05, 0) is 13.8 Å². The van der Waals surface area contributed by atoms with E-state index in [9.17, 15) is 5.11 Å². The summed E-state index contributed by atoms with van der Waals surface area (Å²) in [4.78, 5) is 1.54. The van der Waals surface area contributed by atoms with Crippen LogP contribution in [0.25, 0.3) is 0 Å². The first kappa shape index (κ1) is 12.3. The smallest absolute Gasteiger partial charge is 0.101 e. The van der Waals surface area contributed by atoms with Crippen molar-refractivity contribution >= 4 is 0 Å². The predicted octanol–water partition coefficient (Wildman–Crippen LogP) is -0.922. The molecule has 2 rings (SSSR count). The van der Waals surface area contributed by atoms with Crippen LogP contribution in [0.4, 0.5) is 0 Å². The summed E-state index contributed by atoms with van der Waals surface area (Å²) in [6, 6.07) is 0. The van der Waals surface area contributed by atoms with Gasteiger partial charge in [0.05, 0.1) is 44.0 Å². The van der Waals surface area contributed by atoms with Gasteiger partial charge in [0.25, 0.3) is 0 Å². The summed E-state index contributed by atoms with van der Waals surface area (Å²) in [5.74, 6) is 0.293. The molecule has 0 aromatic carbocycles. The topological polar surface area (TPSA) is 43.1 Å². The molecule has 0 aromatic rings. The molecule has 2 atom stereocenters. The summed E-state index contributed by atoms with van der Waals surface area (Å²) >= 11 is 0. The van der Waals surface area contributed by atoms with Gasteiger partial charge in [-0.1, -0.05) is 0 Å². The molecular weight excluding hydrogens is 206 g/mol. The van der Waals surface area contributed by atoms with Crippen LogP contribution in [0.1, 0.15) is 20.3 Å². The third-order valence-corrected chi connectivity index (χ3v) is 3.68. The highest BCUT2D eigenvalue weighted by molar-refractivity contribution is 4.83. The lowest BCUT2D eigenvalue weighted by molar-refractivity contribution is -0.912. The standard InChI is InChI=1S/C12H23NO3/c1-12(2)7-11(14)10(9-16-12)8-13-3-5-15-6-4-13/h10-11,14H,3-9H2,1-2H3/p+1. The summed E-state index contributed by atoms with van der Waals surface area (Å²) in [7, 11) is 0. The highest BCUT2D eigenvalue weighted by Gasteiger charge is 2.36. The average Bonchev–Trinajstić information content (AvgIpc) is 2.23. The fraction of sp³-hybridized carbons (Fsp3) is 1.00. The molecule has 0 amide bonds. The maximum Gasteiger partial charge on any atom is 0.101 e. The molecule has 2 N–H and O–H groups in total. The fourth-order valence-electron chi connectivity index (χ4n) is 2.60. The Morgan fingerprint density at radius 2 is 2.00 bits per heavy atom. The van der Waals surface area contributed by atoms with Gasteiger partial charge in [-0.25, -0.2) is 0 Å². The average molecular weight is 230 g/mol. The molecule has 2 heterocycles. The van der Waals surface area contributed by atoms with E-state index < -0.39 is 0 Å². The molecule has 94 valence electrons. The van der Waals surface area contributed by atoms with Crippen molar-refractivity contribution in [3.05, 3.63) is 0 Å². The van der Waals surface area contributed by atoms with Gasteiger partial charge in [-0.3, -0.25) is 0 Å². The molecule has 0 radical (unpaired) electrons. The van der Waals surface area contributed by atoms with Gasteiger partial charge in [0, 0.05) is 6.42 Å². The maximum absolute atomic E-state index is 10.1. The largest absolute Gasteiger partial charge is 0.392 e. The van der Waals surface area contributed by atoms with Gasteiger partial charge < -0.3 is 19.5 Å². The van der Waals surface area contributed by atoms with Crippen molar-refractivity contribution in [1.82, 2.24) is 0 Å². The second kappa shape index (κ2) is 5.00. The Morgan fingerprint density at radius 1 is 1.31 bits per heavy atom. The van der Waals surface area contributed by atoms with E-state index in [0.29, 0.717) is 12.5 Å². The first-order valence-corrected chi connectivity index (χ1v) is 6.30. The lowest BCUT2D eigenvalue weighted by Crippen LogP contribution is -3.15. The van der Waals surface area contributed by atoms with Crippen LogP contribution < -0.4 is 4.90 Å². The zero-order chi connectivity index (χ0) is 11.6. The number of rotatable bonds is 2. The molecule has 4 heteroatoms. The molecule has 4 nitrogen and oxygen atoms in total. The maximum atomic E-state index is 10.1. The monoisotopic (exact) mass is 230 g/mol. The number of ether oxygens (including phenoxy) is 2. The Balaban J connectivity index is 1.81. The summed E-state index contributed by atoms with van der Waals surface area (Å²) in [5.41, 5.74) is -0.156. The van der Waals surface area contributed by atoms with E-state index >= 15 is 0 Å². The van der Waals surface area contributed by atoms with Crippen LogP contribution in [0.2, 0.25) is 0 Å². The van der Waals surface area contributed by atoms with Gasteiger partial charge >= 0.3 is 0 Å². The summed E-state index contributed by atoms with van der Waals surface area (Å²) in [6.45, 7) is 9.63. The molecule has 0 aromatic heterocycles. The van der Waals surface area contributed by atoms with E-state index in [-0.39, 0.29) is 11.7 Å². The van der Waals surface area contributed by atoms with Crippen LogP contribution in [-0.2, 0) is 9.47 Å². The minimum absolute atomic E-state index is 0.156. The summed E-state index contributed by atoms with van der Waals surface area (Å²) < 4.78 is 11.1. The molecule has 0 saturated carbocycles. The van der Waals surface area contributed by atoms with Gasteiger partial charge in [-0.15, -0.1) is 0 Å². The number of aliphatic hydroxyl groups excluding tert-OH is 1. The first-order chi connectivity index (χ1) is 7.57. The van der Waals surface area contributed by atoms with Crippen molar-refractivity contribution in [2.75, 3.05) is 39.5 Å². The lowest BCUT2D eigenvalue weighted by Gasteiger charge is -2.39. The number of quaternary nitrogens is 1. The van der Waals surface area contributed by atoms with E-state index in [1.807, 2.05) is 13.8 Å². The van der Waals surface area contributed by atoms with Gasteiger partial charge in [0.15, 0.2) is 0 Å². The van der Waals surface area contributed by atoms with Crippen LogP contribution in [0, 0.1) is 5.92 Å².